The van der Waals surface area contributed by atoms with Gasteiger partial charge < -0.3 is 14.2 Å². The molecule has 1 atom stereocenters. The second kappa shape index (κ2) is 53.5. The van der Waals surface area contributed by atoms with Gasteiger partial charge in [0.2, 0.25) is 0 Å². The molecule has 0 radical (unpaired) electrons. The maximum atomic E-state index is 12.8. The first-order valence-corrected chi connectivity index (χ1v) is 27.4. The van der Waals surface area contributed by atoms with Crippen LogP contribution in [0, 0.1) is 0 Å². The van der Waals surface area contributed by atoms with Crippen molar-refractivity contribution in [2.45, 2.75) is 271 Å². The zero-order chi connectivity index (χ0) is 47.2. The summed E-state index contributed by atoms with van der Waals surface area (Å²) in [5, 5.41) is 0. The Labute approximate surface area is 402 Å². The minimum atomic E-state index is -0.790. The molecule has 65 heavy (non-hydrogen) atoms. The standard InChI is InChI=1S/C59H102O6/c1-4-7-10-13-16-19-22-24-26-28-29-31-33-35-38-40-43-46-49-52-58(61)64-55-56(65-59(62)53-50-47-44-41-36-21-18-15-12-9-6-3)54-63-57(60)51-48-45-42-39-37-34-32-30-27-25-23-20-17-14-11-8-5-2/h8,11,15,17-18,20,24-27,32,34,56H,4-7,9-10,12-14,16,19,21-23,28-31,33,35-55H2,1-3H3/b11-8-,18-15-,20-17-,26-24-,27-25-,34-32-/t56-/m1/s1. The van der Waals surface area contributed by atoms with Crippen molar-refractivity contribution in [1.29, 1.82) is 0 Å². The average molecular weight is 907 g/mol. The van der Waals surface area contributed by atoms with Crippen molar-refractivity contribution in [2.75, 3.05) is 13.2 Å². The maximum Gasteiger partial charge on any atom is 0.306 e. The minimum Gasteiger partial charge on any atom is -0.462 e. The van der Waals surface area contributed by atoms with E-state index in [1.807, 2.05) is 0 Å². The fraction of sp³-hybridized carbons (Fsp3) is 0.746. The van der Waals surface area contributed by atoms with Gasteiger partial charge in [0, 0.05) is 19.3 Å². The van der Waals surface area contributed by atoms with Gasteiger partial charge >= 0.3 is 17.9 Å². The fourth-order valence-corrected chi connectivity index (χ4v) is 7.53. The second-order valence-electron chi connectivity index (χ2n) is 18.1. The molecule has 374 valence electrons. The molecular formula is C59H102O6. The summed E-state index contributed by atoms with van der Waals surface area (Å²) >= 11 is 0. The molecular weight excluding hydrogens is 805 g/mol. The van der Waals surface area contributed by atoms with Gasteiger partial charge in [0.25, 0.3) is 0 Å². The minimum absolute atomic E-state index is 0.0875. The van der Waals surface area contributed by atoms with Crippen LogP contribution in [0.1, 0.15) is 265 Å². The van der Waals surface area contributed by atoms with Gasteiger partial charge in [-0.2, -0.15) is 0 Å². The number of allylic oxidation sites excluding steroid dienone is 12. The molecule has 0 fully saturated rings. The quantitative estimate of drug-likeness (QED) is 0.0262. The van der Waals surface area contributed by atoms with Crippen molar-refractivity contribution in [3.05, 3.63) is 72.9 Å². The molecule has 0 aliphatic rings. The predicted molar refractivity (Wildman–Crippen MR) is 279 cm³/mol. The summed E-state index contributed by atoms with van der Waals surface area (Å²) in [6.07, 6.45) is 67.5. The summed E-state index contributed by atoms with van der Waals surface area (Å²) in [4.78, 5) is 38.0. The number of esters is 3. The predicted octanol–water partition coefficient (Wildman–Crippen LogP) is 18.2. The summed E-state index contributed by atoms with van der Waals surface area (Å²) in [7, 11) is 0. The zero-order valence-corrected chi connectivity index (χ0v) is 42.7. The lowest BCUT2D eigenvalue weighted by atomic mass is 10.1. The summed E-state index contributed by atoms with van der Waals surface area (Å²) < 4.78 is 16.8. The van der Waals surface area contributed by atoms with Gasteiger partial charge in [0.15, 0.2) is 6.10 Å². The average Bonchev–Trinajstić information content (AvgIpc) is 3.30. The molecule has 6 nitrogen and oxygen atoms in total. The van der Waals surface area contributed by atoms with Gasteiger partial charge in [-0.25, -0.2) is 0 Å². The van der Waals surface area contributed by atoms with E-state index in [-0.39, 0.29) is 31.1 Å². The Balaban J connectivity index is 4.36. The van der Waals surface area contributed by atoms with Crippen molar-refractivity contribution in [1.82, 2.24) is 0 Å². The number of carbonyl (C=O) groups excluding carboxylic acids is 3. The third-order valence-corrected chi connectivity index (χ3v) is 11.7. The van der Waals surface area contributed by atoms with Crippen molar-refractivity contribution >= 4 is 17.9 Å². The van der Waals surface area contributed by atoms with Crippen LogP contribution in [0.15, 0.2) is 72.9 Å². The van der Waals surface area contributed by atoms with E-state index < -0.39 is 6.10 Å². The maximum absolute atomic E-state index is 12.8. The molecule has 6 heteroatoms. The number of rotatable bonds is 49. The molecule has 0 unspecified atom stereocenters. The van der Waals surface area contributed by atoms with Crippen LogP contribution in [0.5, 0.6) is 0 Å². The van der Waals surface area contributed by atoms with Gasteiger partial charge in [-0.15, -0.1) is 0 Å². The van der Waals surface area contributed by atoms with Crippen LogP contribution in [0.25, 0.3) is 0 Å². The molecule has 0 bridgehead atoms. The van der Waals surface area contributed by atoms with Gasteiger partial charge in [-0.1, -0.05) is 216 Å². The lowest BCUT2D eigenvalue weighted by Crippen LogP contribution is -2.30. The van der Waals surface area contributed by atoms with E-state index in [9.17, 15) is 14.4 Å². The SMILES string of the molecule is CC/C=C\C/C=C\C/C=C\C/C=C\CCCCCCC(=O)OC[C@H](COC(=O)CCCCCCCCCCC/C=C\CCCCCCCC)OC(=O)CCCCCCC/C=C\CCCC. The lowest BCUT2D eigenvalue weighted by molar-refractivity contribution is -0.167. The van der Waals surface area contributed by atoms with E-state index in [1.165, 1.54) is 116 Å². The molecule has 0 aliphatic heterocycles. The Morgan fingerprint density at radius 3 is 1.00 bits per heavy atom. The highest BCUT2D eigenvalue weighted by molar-refractivity contribution is 5.71. The van der Waals surface area contributed by atoms with Crippen LogP contribution >= 0.6 is 0 Å². The number of hydrogen-bond donors (Lipinski definition) is 0. The van der Waals surface area contributed by atoms with Crippen LogP contribution in [-0.4, -0.2) is 37.2 Å². The highest BCUT2D eigenvalue weighted by atomic mass is 16.6. The molecule has 0 amide bonds. The van der Waals surface area contributed by atoms with Crippen molar-refractivity contribution in [3.8, 4) is 0 Å². The summed E-state index contributed by atoms with van der Waals surface area (Å²) in [5.74, 6) is -0.920. The van der Waals surface area contributed by atoms with Crippen LogP contribution in [-0.2, 0) is 28.6 Å². The normalized spacial score (nSPS) is 12.6. The molecule has 0 spiro atoms. The van der Waals surface area contributed by atoms with E-state index in [1.54, 1.807) is 0 Å². The summed E-state index contributed by atoms with van der Waals surface area (Å²) in [5.41, 5.74) is 0. The Hall–Kier alpha value is -3.15. The van der Waals surface area contributed by atoms with Gasteiger partial charge in [-0.05, 0) is 103 Å². The molecule has 0 aromatic rings. The van der Waals surface area contributed by atoms with Gasteiger partial charge in [0.1, 0.15) is 13.2 Å². The van der Waals surface area contributed by atoms with E-state index in [2.05, 4.69) is 93.7 Å². The van der Waals surface area contributed by atoms with E-state index in [0.717, 1.165) is 109 Å². The third kappa shape index (κ3) is 51.7. The van der Waals surface area contributed by atoms with Crippen LogP contribution in [0.3, 0.4) is 0 Å². The second-order valence-corrected chi connectivity index (χ2v) is 18.1. The molecule has 0 saturated heterocycles. The summed E-state index contributed by atoms with van der Waals surface area (Å²) in [6, 6.07) is 0. The van der Waals surface area contributed by atoms with Crippen molar-refractivity contribution < 1.29 is 28.6 Å². The van der Waals surface area contributed by atoms with Crippen LogP contribution in [0.4, 0.5) is 0 Å². The molecule has 0 N–H and O–H groups in total. The molecule has 0 aromatic heterocycles. The molecule has 0 saturated carbocycles. The third-order valence-electron chi connectivity index (χ3n) is 11.7. The smallest absolute Gasteiger partial charge is 0.306 e. The van der Waals surface area contributed by atoms with Crippen LogP contribution < -0.4 is 0 Å². The zero-order valence-electron chi connectivity index (χ0n) is 42.7. The first-order chi connectivity index (χ1) is 32.0. The molecule has 0 heterocycles. The Kier molecular flexibility index (Phi) is 50.9. The first-order valence-electron chi connectivity index (χ1n) is 27.4. The van der Waals surface area contributed by atoms with E-state index in [0.29, 0.717) is 19.3 Å². The summed E-state index contributed by atoms with van der Waals surface area (Å²) in [6.45, 7) is 6.46. The van der Waals surface area contributed by atoms with Crippen molar-refractivity contribution in [3.63, 3.8) is 0 Å². The Bertz CT molecular complexity index is 1230. The molecule has 0 aliphatic carbocycles. The number of ether oxygens (including phenoxy) is 3. The highest BCUT2D eigenvalue weighted by Gasteiger charge is 2.19. The topological polar surface area (TPSA) is 78.9 Å². The monoisotopic (exact) mass is 907 g/mol. The number of hydrogen-bond acceptors (Lipinski definition) is 6. The van der Waals surface area contributed by atoms with E-state index in [4.69, 9.17) is 14.2 Å². The first kappa shape index (κ1) is 61.9. The van der Waals surface area contributed by atoms with Crippen molar-refractivity contribution in [2.24, 2.45) is 0 Å². The lowest BCUT2D eigenvalue weighted by Gasteiger charge is -2.18. The fourth-order valence-electron chi connectivity index (χ4n) is 7.53. The molecule has 0 aromatic carbocycles. The highest BCUT2D eigenvalue weighted by Crippen LogP contribution is 2.15. The number of carbonyl (C=O) groups is 3. The van der Waals surface area contributed by atoms with Gasteiger partial charge in [-0.3, -0.25) is 14.4 Å². The Morgan fingerprint density at radius 2 is 0.615 bits per heavy atom. The number of unbranched alkanes of at least 4 members (excludes halogenated alkanes) is 26. The molecule has 0 rings (SSSR count). The van der Waals surface area contributed by atoms with Crippen LogP contribution in [0.2, 0.25) is 0 Å². The Morgan fingerprint density at radius 1 is 0.323 bits per heavy atom. The van der Waals surface area contributed by atoms with Gasteiger partial charge in [0.05, 0.1) is 0 Å². The van der Waals surface area contributed by atoms with E-state index >= 15 is 0 Å². The largest absolute Gasteiger partial charge is 0.462 e.